The normalized spacial score (nSPS) is 27.4. The number of nitrogens with zero attached hydrogens (tertiary/aromatic N) is 2. The second-order valence-electron chi connectivity index (χ2n) is 5.97. The molecule has 0 saturated carbocycles. The molecule has 0 aromatic heterocycles. The zero-order chi connectivity index (χ0) is 14.8. The highest BCUT2D eigenvalue weighted by Gasteiger charge is 2.39. The molecule has 1 heterocycles. The monoisotopic (exact) mass is 277 g/mol. The van der Waals surface area contributed by atoms with E-state index in [4.69, 9.17) is 10.5 Å². The number of likely N-dealkylation sites (tertiary alicyclic amines) is 1. The van der Waals surface area contributed by atoms with E-state index in [2.05, 4.69) is 43.0 Å². The second kappa shape index (κ2) is 6.02. The van der Waals surface area contributed by atoms with Gasteiger partial charge in [0.2, 0.25) is 0 Å². The summed E-state index contributed by atoms with van der Waals surface area (Å²) in [5, 5.41) is 0. The van der Waals surface area contributed by atoms with Gasteiger partial charge in [-0.2, -0.15) is 0 Å². The number of likely N-dealkylation sites (N-methyl/N-ethyl adjacent to an activating group) is 1. The van der Waals surface area contributed by atoms with Crippen molar-refractivity contribution in [3.8, 4) is 5.75 Å². The predicted octanol–water partition coefficient (Wildman–Crippen LogP) is 1.94. The number of hydrogen-bond donors (Lipinski definition) is 1. The van der Waals surface area contributed by atoms with Crippen molar-refractivity contribution in [2.75, 3.05) is 39.2 Å². The van der Waals surface area contributed by atoms with Crippen LogP contribution in [0.15, 0.2) is 24.3 Å². The average Bonchev–Trinajstić information content (AvgIpc) is 2.49. The largest absolute Gasteiger partial charge is 0.497 e. The molecule has 2 N–H and O–H groups in total. The van der Waals surface area contributed by atoms with E-state index in [0.29, 0.717) is 12.6 Å². The van der Waals surface area contributed by atoms with Gasteiger partial charge in [0.05, 0.1) is 12.6 Å². The minimum atomic E-state index is 0.0561. The molecule has 2 atom stereocenters. The minimum Gasteiger partial charge on any atom is -0.497 e. The van der Waals surface area contributed by atoms with Gasteiger partial charge in [0.25, 0.3) is 0 Å². The molecule has 0 spiro atoms. The molecular formula is C16H27N3O. The highest BCUT2D eigenvalue weighted by molar-refractivity contribution is 5.51. The molecule has 112 valence electrons. The van der Waals surface area contributed by atoms with Crippen LogP contribution in [0, 0.1) is 0 Å². The summed E-state index contributed by atoms with van der Waals surface area (Å²) >= 11 is 0. The molecule has 1 saturated heterocycles. The van der Waals surface area contributed by atoms with E-state index in [1.54, 1.807) is 7.11 Å². The topological polar surface area (TPSA) is 41.7 Å². The third-order valence-electron chi connectivity index (χ3n) is 4.91. The molecule has 1 aromatic carbocycles. The second-order valence-corrected chi connectivity index (χ2v) is 5.97. The van der Waals surface area contributed by atoms with Crippen molar-refractivity contribution in [3.63, 3.8) is 0 Å². The summed E-state index contributed by atoms with van der Waals surface area (Å²) < 4.78 is 5.23. The predicted molar refractivity (Wildman–Crippen MR) is 84.5 cm³/mol. The Hall–Kier alpha value is -1.26. The summed E-state index contributed by atoms with van der Waals surface area (Å²) in [7, 11) is 6.05. The van der Waals surface area contributed by atoms with Crippen molar-refractivity contribution < 1.29 is 4.74 Å². The number of rotatable bonds is 4. The molecule has 0 bridgehead atoms. The molecule has 1 aliphatic rings. The van der Waals surface area contributed by atoms with Crippen LogP contribution in [0.1, 0.15) is 19.8 Å². The first-order valence-corrected chi connectivity index (χ1v) is 7.30. The van der Waals surface area contributed by atoms with Crippen molar-refractivity contribution >= 4 is 5.69 Å². The first-order valence-electron chi connectivity index (χ1n) is 7.30. The Morgan fingerprint density at radius 2 is 2.05 bits per heavy atom. The van der Waals surface area contributed by atoms with Gasteiger partial charge in [-0.05, 0) is 51.1 Å². The zero-order valence-corrected chi connectivity index (χ0v) is 13.1. The lowest BCUT2D eigenvalue weighted by atomic mass is 9.82. The fourth-order valence-corrected chi connectivity index (χ4v) is 3.12. The average molecular weight is 277 g/mol. The molecule has 4 nitrogen and oxygen atoms in total. The molecule has 0 aliphatic carbocycles. The number of piperidine rings is 1. The highest BCUT2D eigenvalue weighted by atomic mass is 16.5. The third-order valence-corrected chi connectivity index (χ3v) is 4.91. The van der Waals surface area contributed by atoms with E-state index in [1.807, 2.05) is 12.1 Å². The molecule has 0 amide bonds. The Kier molecular flexibility index (Phi) is 4.55. The number of hydrogen-bond acceptors (Lipinski definition) is 4. The first-order chi connectivity index (χ1) is 9.52. The number of nitrogens with two attached hydrogens (primary N) is 1. The molecule has 2 unspecified atom stereocenters. The Balaban J connectivity index is 2.21. The highest BCUT2D eigenvalue weighted by Crippen LogP contribution is 2.34. The lowest BCUT2D eigenvalue weighted by molar-refractivity contribution is 0.132. The number of benzene rings is 1. The number of anilines is 1. The van der Waals surface area contributed by atoms with E-state index < -0.39 is 0 Å². The maximum atomic E-state index is 6.16. The van der Waals surface area contributed by atoms with Crippen LogP contribution < -0.4 is 15.4 Å². The Morgan fingerprint density at radius 3 is 2.55 bits per heavy atom. The lowest BCUT2D eigenvalue weighted by Crippen LogP contribution is -2.60. The third kappa shape index (κ3) is 2.76. The van der Waals surface area contributed by atoms with Gasteiger partial charge in [0, 0.05) is 31.9 Å². The quantitative estimate of drug-likeness (QED) is 0.913. The van der Waals surface area contributed by atoms with Crippen molar-refractivity contribution in [3.05, 3.63) is 24.3 Å². The summed E-state index contributed by atoms with van der Waals surface area (Å²) in [6.07, 6.45) is 2.20. The van der Waals surface area contributed by atoms with Crippen LogP contribution in [0.3, 0.4) is 0 Å². The first kappa shape index (κ1) is 15.1. The van der Waals surface area contributed by atoms with Crippen molar-refractivity contribution in [1.29, 1.82) is 0 Å². The van der Waals surface area contributed by atoms with Gasteiger partial charge >= 0.3 is 0 Å². The summed E-state index contributed by atoms with van der Waals surface area (Å²) in [6.45, 7) is 4.07. The number of ether oxygens (including phenoxy) is 1. The molecule has 1 aliphatic heterocycles. The van der Waals surface area contributed by atoms with Gasteiger partial charge in [-0.25, -0.2) is 0 Å². The number of methoxy groups -OCH3 is 1. The van der Waals surface area contributed by atoms with Crippen LogP contribution in [-0.2, 0) is 0 Å². The van der Waals surface area contributed by atoms with Crippen LogP contribution >= 0.6 is 0 Å². The van der Waals surface area contributed by atoms with Crippen LogP contribution in [0.4, 0.5) is 5.69 Å². The van der Waals surface area contributed by atoms with Crippen molar-refractivity contribution in [1.82, 2.24) is 4.90 Å². The summed E-state index contributed by atoms with van der Waals surface area (Å²) in [4.78, 5) is 4.77. The van der Waals surface area contributed by atoms with Crippen LogP contribution in [0.5, 0.6) is 5.75 Å². The van der Waals surface area contributed by atoms with Crippen LogP contribution in [0.2, 0.25) is 0 Å². The Morgan fingerprint density at radius 1 is 1.40 bits per heavy atom. The Labute approximate surface area is 122 Å². The maximum absolute atomic E-state index is 6.16. The summed E-state index contributed by atoms with van der Waals surface area (Å²) in [6, 6.07) is 8.80. The van der Waals surface area contributed by atoms with E-state index in [1.165, 1.54) is 5.69 Å². The van der Waals surface area contributed by atoms with Gasteiger partial charge in [-0.15, -0.1) is 0 Å². The molecule has 2 rings (SSSR count). The fourth-order valence-electron chi connectivity index (χ4n) is 3.12. The van der Waals surface area contributed by atoms with Gasteiger partial charge in [-0.1, -0.05) is 0 Å². The van der Waals surface area contributed by atoms with E-state index in [9.17, 15) is 0 Å². The van der Waals surface area contributed by atoms with Gasteiger partial charge in [0.1, 0.15) is 5.75 Å². The fraction of sp³-hybridized carbons (Fsp3) is 0.625. The van der Waals surface area contributed by atoms with Crippen LogP contribution in [0.25, 0.3) is 0 Å². The van der Waals surface area contributed by atoms with Crippen molar-refractivity contribution in [2.45, 2.75) is 31.3 Å². The molecule has 20 heavy (non-hydrogen) atoms. The van der Waals surface area contributed by atoms with Crippen LogP contribution in [-0.4, -0.2) is 50.8 Å². The molecular weight excluding hydrogens is 250 g/mol. The van der Waals surface area contributed by atoms with E-state index >= 15 is 0 Å². The molecule has 4 heteroatoms. The Bertz CT molecular complexity index is 434. The zero-order valence-electron chi connectivity index (χ0n) is 13.1. The molecule has 1 fully saturated rings. The smallest absolute Gasteiger partial charge is 0.119 e. The van der Waals surface area contributed by atoms with E-state index in [0.717, 1.165) is 25.1 Å². The minimum absolute atomic E-state index is 0.0561. The SMILES string of the molecule is COc1ccc(N(C)C2(CN)CCN(C)C(C)C2)cc1. The molecule has 1 aromatic rings. The standard InChI is InChI=1S/C16H27N3O/c1-13-11-16(12-17,9-10-18(13)2)19(3)14-5-7-15(20-4)8-6-14/h5-8,13H,9-12,17H2,1-4H3. The lowest BCUT2D eigenvalue weighted by Gasteiger charge is -2.50. The van der Waals surface area contributed by atoms with Gasteiger partial charge in [0.15, 0.2) is 0 Å². The summed E-state index contributed by atoms with van der Waals surface area (Å²) in [5.41, 5.74) is 7.41. The summed E-state index contributed by atoms with van der Waals surface area (Å²) in [5.74, 6) is 0.890. The maximum Gasteiger partial charge on any atom is 0.119 e. The van der Waals surface area contributed by atoms with Gasteiger partial charge < -0.3 is 20.3 Å². The van der Waals surface area contributed by atoms with E-state index in [-0.39, 0.29) is 5.54 Å². The molecule has 0 radical (unpaired) electrons. The van der Waals surface area contributed by atoms with Gasteiger partial charge in [-0.3, -0.25) is 0 Å². The van der Waals surface area contributed by atoms with Crippen molar-refractivity contribution in [2.24, 2.45) is 5.73 Å².